The lowest BCUT2D eigenvalue weighted by Crippen LogP contribution is -2.29. The summed E-state index contributed by atoms with van der Waals surface area (Å²) < 4.78 is 13.1. The summed E-state index contributed by atoms with van der Waals surface area (Å²) in [5.41, 5.74) is 4.38. The number of esters is 1. The smallest absolute Gasteiger partial charge is 0.338 e. The Balaban J connectivity index is 1.62. The number of thioether (sulfide) groups is 1. The Labute approximate surface area is 203 Å². The Morgan fingerprint density at radius 3 is 2.59 bits per heavy atom. The summed E-state index contributed by atoms with van der Waals surface area (Å²) in [6.07, 6.45) is 1.55. The van der Waals surface area contributed by atoms with Crippen molar-refractivity contribution in [3.8, 4) is 5.75 Å². The average molecular weight is 477 g/mol. The van der Waals surface area contributed by atoms with E-state index in [0.717, 1.165) is 22.6 Å². The van der Waals surface area contributed by atoms with Crippen LogP contribution in [-0.4, -0.2) is 33.1 Å². The maximum atomic E-state index is 13.0. The third kappa shape index (κ3) is 5.17. The fourth-order valence-corrected chi connectivity index (χ4v) is 4.26. The molecule has 1 aromatic heterocycles. The number of rotatable bonds is 9. The van der Waals surface area contributed by atoms with Crippen molar-refractivity contribution < 1.29 is 14.3 Å². The van der Waals surface area contributed by atoms with E-state index in [1.807, 2.05) is 38.1 Å². The predicted molar refractivity (Wildman–Crippen MR) is 134 cm³/mol. The molecule has 0 saturated heterocycles. The van der Waals surface area contributed by atoms with Crippen molar-refractivity contribution in [2.24, 2.45) is 0 Å². The number of benzene rings is 2. The van der Waals surface area contributed by atoms with Crippen molar-refractivity contribution in [3.05, 3.63) is 89.1 Å². The first-order valence-corrected chi connectivity index (χ1v) is 12.1. The number of hydrogen-bond acceptors (Lipinski definition) is 7. The van der Waals surface area contributed by atoms with Gasteiger partial charge >= 0.3 is 5.97 Å². The summed E-state index contributed by atoms with van der Waals surface area (Å²) in [5, 5.41) is 8.52. The molecule has 1 unspecified atom stereocenters. The molecule has 0 spiro atoms. The summed E-state index contributed by atoms with van der Waals surface area (Å²) in [7, 11) is 0. The Kier molecular flexibility index (Phi) is 7.37. The molecule has 7 nitrogen and oxygen atoms in total. The Bertz CT molecular complexity index is 1200. The number of allylic oxidation sites excluding steroid dienone is 1. The third-order valence-corrected chi connectivity index (χ3v) is 6.10. The molecule has 3 aromatic rings. The monoisotopic (exact) mass is 476 g/mol. The van der Waals surface area contributed by atoms with Crippen molar-refractivity contribution >= 4 is 23.7 Å². The van der Waals surface area contributed by atoms with Gasteiger partial charge in [-0.15, -0.1) is 5.10 Å². The van der Waals surface area contributed by atoms with E-state index in [1.165, 1.54) is 5.56 Å². The number of fused-ring (bicyclic) bond motifs is 1. The first-order chi connectivity index (χ1) is 16.5. The normalized spacial score (nSPS) is 14.9. The van der Waals surface area contributed by atoms with Crippen molar-refractivity contribution in [2.45, 2.75) is 38.6 Å². The molecule has 0 saturated carbocycles. The number of hydrogen-bond donors (Lipinski definition) is 1. The van der Waals surface area contributed by atoms with Crippen LogP contribution >= 0.6 is 11.8 Å². The van der Waals surface area contributed by atoms with Gasteiger partial charge in [-0.2, -0.15) is 4.98 Å². The van der Waals surface area contributed by atoms with Crippen molar-refractivity contribution in [1.29, 1.82) is 0 Å². The van der Waals surface area contributed by atoms with E-state index < -0.39 is 12.0 Å². The zero-order valence-electron chi connectivity index (χ0n) is 19.6. The number of aryl methyl sites for hydroxylation is 1. The van der Waals surface area contributed by atoms with E-state index in [-0.39, 0.29) is 6.61 Å². The molecule has 1 aliphatic rings. The van der Waals surface area contributed by atoms with Crippen LogP contribution in [0.15, 0.2) is 77.6 Å². The second-order valence-corrected chi connectivity index (χ2v) is 9.12. The van der Waals surface area contributed by atoms with Gasteiger partial charge < -0.3 is 14.8 Å². The molecule has 2 aromatic carbocycles. The van der Waals surface area contributed by atoms with Gasteiger partial charge in [0.2, 0.25) is 11.1 Å². The van der Waals surface area contributed by atoms with Crippen molar-refractivity contribution in [1.82, 2.24) is 14.8 Å². The lowest BCUT2D eigenvalue weighted by atomic mass is 9.96. The molecule has 176 valence electrons. The van der Waals surface area contributed by atoms with E-state index in [1.54, 1.807) is 22.5 Å². The van der Waals surface area contributed by atoms with Crippen LogP contribution in [0.2, 0.25) is 0 Å². The van der Waals surface area contributed by atoms with Crippen LogP contribution in [0.25, 0.3) is 0 Å². The zero-order chi connectivity index (χ0) is 24.1. The fraction of sp³-hybridized carbons (Fsp3) is 0.269. The molecule has 0 bridgehead atoms. The van der Waals surface area contributed by atoms with Gasteiger partial charge in [0.05, 0.1) is 5.57 Å². The second-order valence-electron chi connectivity index (χ2n) is 7.89. The summed E-state index contributed by atoms with van der Waals surface area (Å²) >= 11 is 1.55. The standard InChI is InChI=1S/C26H28N4O3S/c1-5-15-32-24(31)22-18(4)27-25-28-26(34-6-2)29-30(25)23(22)20-11-13-21(14-12-20)33-16-19-9-7-17(3)8-10-19/h5,7-14,23H,1,6,15-16H2,2-4H3,(H,27,28,29). The minimum absolute atomic E-state index is 0.134. The number of ether oxygens (including phenoxy) is 2. The predicted octanol–water partition coefficient (Wildman–Crippen LogP) is 5.30. The van der Waals surface area contributed by atoms with Crippen molar-refractivity contribution in [2.75, 3.05) is 17.7 Å². The lowest BCUT2D eigenvalue weighted by Gasteiger charge is -2.28. The second kappa shape index (κ2) is 10.6. The van der Waals surface area contributed by atoms with Crippen LogP contribution in [-0.2, 0) is 16.1 Å². The molecule has 0 amide bonds. The highest BCUT2D eigenvalue weighted by molar-refractivity contribution is 7.99. The molecule has 4 rings (SSSR count). The van der Waals surface area contributed by atoms with Crippen LogP contribution in [0.5, 0.6) is 5.75 Å². The first-order valence-electron chi connectivity index (χ1n) is 11.1. The Morgan fingerprint density at radius 1 is 1.18 bits per heavy atom. The number of aromatic nitrogens is 3. The number of nitrogens with zero attached hydrogens (tertiary/aromatic N) is 3. The molecule has 1 aliphatic heterocycles. The van der Waals surface area contributed by atoms with Crippen LogP contribution in [0, 0.1) is 6.92 Å². The molecule has 0 radical (unpaired) electrons. The summed E-state index contributed by atoms with van der Waals surface area (Å²) in [6, 6.07) is 15.5. The van der Waals surface area contributed by atoms with Gasteiger partial charge in [0, 0.05) is 5.70 Å². The molecular formula is C26H28N4O3S. The maximum Gasteiger partial charge on any atom is 0.338 e. The number of nitrogens with one attached hydrogen (secondary N) is 1. The van der Waals surface area contributed by atoms with Gasteiger partial charge in [0.25, 0.3) is 0 Å². The highest BCUT2D eigenvalue weighted by Gasteiger charge is 2.35. The number of carbonyl (C=O) groups is 1. The van der Waals surface area contributed by atoms with E-state index in [4.69, 9.17) is 9.47 Å². The molecule has 2 heterocycles. The first kappa shape index (κ1) is 23.6. The van der Waals surface area contributed by atoms with Crippen LogP contribution in [0.3, 0.4) is 0 Å². The minimum atomic E-state index is -0.474. The van der Waals surface area contributed by atoms with Crippen LogP contribution in [0.4, 0.5) is 5.95 Å². The number of carbonyl (C=O) groups excluding carboxylic acids is 1. The summed E-state index contributed by atoms with van der Waals surface area (Å²) in [5.74, 6) is 1.77. The van der Waals surface area contributed by atoms with Crippen LogP contribution < -0.4 is 10.1 Å². The van der Waals surface area contributed by atoms with Gasteiger partial charge in [-0.05, 0) is 42.9 Å². The molecule has 1 N–H and O–H groups in total. The minimum Gasteiger partial charge on any atom is -0.489 e. The van der Waals surface area contributed by atoms with Crippen molar-refractivity contribution in [3.63, 3.8) is 0 Å². The number of anilines is 1. The SMILES string of the molecule is C=CCOC(=O)C1=C(C)Nc2nc(SCC)nn2C1c1ccc(OCc2ccc(C)cc2)cc1. The van der Waals surface area contributed by atoms with Gasteiger partial charge in [-0.1, -0.05) is 73.3 Å². The van der Waals surface area contributed by atoms with E-state index in [2.05, 4.69) is 53.2 Å². The van der Waals surface area contributed by atoms with Gasteiger partial charge in [0.1, 0.15) is 25.0 Å². The largest absolute Gasteiger partial charge is 0.489 e. The van der Waals surface area contributed by atoms with Gasteiger partial charge in [-0.3, -0.25) is 0 Å². The highest BCUT2D eigenvalue weighted by atomic mass is 32.2. The maximum absolute atomic E-state index is 13.0. The molecule has 34 heavy (non-hydrogen) atoms. The summed E-state index contributed by atoms with van der Waals surface area (Å²) in [6.45, 7) is 10.2. The molecule has 0 fully saturated rings. The van der Waals surface area contributed by atoms with Gasteiger partial charge in [0.15, 0.2) is 0 Å². The molecular weight excluding hydrogens is 448 g/mol. The molecule has 1 atom stereocenters. The fourth-order valence-electron chi connectivity index (χ4n) is 3.70. The average Bonchev–Trinajstić information content (AvgIpc) is 3.23. The van der Waals surface area contributed by atoms with Crippen LogP contribution in [0.1, 0.15) is 36.6 Å². The summed E-state index contributed by atoms with van der Waals surface area (Å²) in [4.78, 5) is 17.6. The van der Waals surface area contributed by atoms with E-state index >= 15 is 0 Å². The Morgan fingerprint density at radius 2 is 1.91 bits per heavy atom. The zero-order valence-corrected chi connectivity index (χ0v) is 20.4. The molecule has 8 heteroatoms. The lowest BCUT2D eigenvalue weighted by molar-refractivity contribution is -0.138. The van der Waals surface area contributed by atoms with E-state index in [9.17, 15) is 4.79 Å². The highest BCUT2D eigenvalue weighted by Crippen LogP contribution is 2.37. The Hall–Kier alpha value is -3.52. The quantitative estimate of drug-likeness (QED) is 0.255. The van der Waals surface area contributed by atoms with Gasteiger partial charge in [-0.25, -0.2) is 9.48 Å². The molecule has 0 aliphatic carbocycles. The topological polar surface area (TPSA) is 78.3 Å². The van der Waals surface area contributed by atoms with E-state index in [0.29, 0.717) is 29.0 Å². The third-order valence-electron chi connectivity index (χ3n) is 5.38.